The van der Waals surface area contributed by atoms with Gasteiger partial charge in [-0.15, -0.1) is 0 Å². The fourth-order valence-corrected chi connectivity index (χ4v) is 2.58. The Morgan fingerprint density at radius 3 is 2.57 bits per heavy atom. The lowest BCUT2D eigenvalue weighted by atomic mass is 9.87. The predicted octanol–water partition coefficient (Wildman–Crippen LogP) is 3.98. The number of carbonyl (C=O) groups is 1. The van der Waals surface area contributed by atoms with E-state index >= 15 is 0 Å². The summed E-state index contributed by atoms with van der Waals surface area (Å²) in [5, 5.41) is 0. The highest BCUT2D eigenvalue weighted by Gasteiger charge is 2.15. The number of nitrogens with zero attached hydrogens (tertiary/aromatic N) is 2. The first-order valence-electron chi connectivity index (χ1n) is 8.09. The SMILES string of the molecule is CN(CCc1ccccn1)C(=O)c1cccc(CC(C)(C)C)c1. The summed E-state index contributed by atoms with van der Waals surface area (Å²) in [6, 6.07) is 13.8. The molecule has 0 radical (unpaired) electrons. The predicted molar refractivity (Wildman–Crippen MR) is 94.5 cm³/mol. The maximum atomic E-state index is 12.6. The van der Waals surface area contributed by atoms with Crippen LogP contribution in [-0.2, 0) is 12.8 Å². The Morgan fingerprint density at radius 1 is 1.13 bits per heavy atom. The highest BCUT2D eigenvalue weighted by Crippen LogP contribution is 2.21. The maximum absolute atomic E-state index is 12.6. The normalized spacial score (nSPS) is 11.3. The number of rotatable bonds is 5. The molecule has 3 nitrogen and oxygen atoms in total. The lowest BCUT2D eigenvalue weighted by molar-refractivity contribution is 0.0796. The first-order valence-corrected chi connectivity index (χ1v) is 8.09. The van der Waals surface area contributed by atoms with E-state index in [9.17, 15) is 4.79 Å². The molecule has 2 rings (SSSR count). The molecule has 1 aromatic carbocycles. The van der Waals surface area contributed by atoms with Gasteiger partial charge in [-0.1, -0.05) is 39.0 Å². The van der Waals surface area contributed by atoms with Crippen LogP contribution < -0.4 is 0 Å². The molecule has 122 valence electrons. The van der Waals surface area contributed by atoms with E-state index in [1.807, 2.05) is 43.4 Å². The summed E-state index contributed by atoms with van der Waals surface area (Å²) in [6.45, 7) is 7.29. The van der Waals surface area contributed by atoms with Gasteiger partial charge < -0.3 is 4.90 Å². The molecule has 3 heteroatoms. The minimum absolute atomic E-state index is 0.0664. The molecule has 0 bridgehead atoms. The van der Waals surface area contributed by atoms with Gasteiger partial charge in [0.15, 0.2) is 0 Å². The van der Waals surface area contributed by atoms with Crippen LogP contribution in [0.1, 0.15) is 42.4 Å². The lowest BCUT2D eigenvalue weighted by Gasteiger charge is -2.20. The molecule has 0 aliphatic heterocycles. The van der Waals surface area contributed by atoms with Crippen molar-refractivity contribution in [1.82, 2.24) is 9.88 Å². The summed E-state index contributed by atoms with van der Waals surface area (Å²) in [5.41, 5.74) is 3.19. The molecule has 0 aliphatic carbocycles. The zero-order chi connectivity index (χ0) is 16.9. The first kappa shape index (κ1) is 17.2. The molecule has 0 saturated carbocycles. The number of pyridine rings is 1. The highest BCUT2D eigenvalue weighted by molar-refractivity contribution is 5.94. The third-order valence-corrected chi connectivity index (χ3v) is 3.68. The number of hydrogen-bond donors (Lipinski definition) is 0. The van der Waals surface area contributed by atoms with Gasteiger partial charge in [0.2, 0.25) is 0 Å². The largest absolute Gasteiger partial charge is 0.341 e. The van der Waals surface area contributed by atoms with Crippen molar-refractivity contribution in [2.45, 2.75) is 33.6 Å². The number of benzene rings is 1. The van der Waals surface area contributed by atoms with Gasteiger partial charge in [0, 0.05) is 37.5 Å². The van der Waals surface area contributed by atoms with Gasteiger partial charge in [0.25, 0.3) is 5.91 Å². The average molecular weight is 310 g/mol. The fraction of sp³-hybridized carbons (Fsp3) is 0.400. The second-order valence-electron chi connectivity index (χ2n) is 7.24. The van der Waals surface area contributed by atoms with Gasteiger partial charge in [-0.05, 0) is 41.7 Å². The maximum Gasteiger partial charge on any atom is 0.253 e. The zero-order valence-electron chi connectivity index (χ0n) is 14.5. The molecule has 0 aliphatic rings. The van der Waals surface area contributed by atoms with Crippen molar-refractivity contribution >= 4 is 5.91 Å². The molecule has 0 spiro atoms. The summed E-state index contributed by atoms with van der Waals surface area (Å²) >= 11 is 0. The molecule has 0 saturated heterocycles. The van der Waals surface area contributed by atoms with Crippen LogP contribution in [0, 0.1) is 5.41 Å². The van der Waals surface area contributed by atoms with Crippen molar-refractivity contribution in [3.8, 4) is 0 Å². The van der Waals surface area contributed by atoms with Crippen LogP contribution in [0.25, 0.3) is 0 Å². The van der Waals surface area contributed by atoms with Crippen LogP contribution >= 0.6 is 0 Å². The Hall–Kier alpha value is -2.16. The van der Waals surface area contributed by atoms with Crippen LogP contribution in [0.15, 0.2) is 48.7 Å². The monoisotopic (exact) mass is 310 g/mol. The first-order chi connectivity index (χ1) is 10.8. The minimum Gasteiger partial charge on any atom is -0.341 e. The van der Waals surface area contributed by atoms with E-state index in [1.165, 1.54) is 5.56 Å². The molecule has 1 heterocycles. The van der Waals surface area contributed by atoms with Gasteiger partial charge in [0.1, 0.15) is 0 Å². The van der Waals surface area contributed by atoms with Crippen LogP contribution in [0.5, 0.6) is 0 Å². The van der Waals surface area contributed by atoms with Crippen molar-refractivity contribution in [3.05, 3.63) is 65.5 Å². The van der Waals surface area contributed by atoms with Crippen molar-refractivity contribution < 1.29 is 4.79 Å². The average Bonchev–Trinajstić information content (AvgIpc) is 2.51. The van der Waals surface area contributed by atoms with E-state index < -0.39 is 0 Å². The number of amides is 1. The molecule has 1 aromatic heterocycles. The van der Waals surface area contributed by atoms with Gasteiger partial charge in [0.05, 0.1) is 0 Å². The second kappa shape index (κ2) is 7.40. The number of hydrogen-bond acceptors (Lipinski definition) is 2. The van der Waals surface area contributed by atoms with Gasteiger partial charge in [-0.3, -0.25) is 9.78 Å². The van der Waals surface area contributed by atoms with Gasteiger partial charge in [-0.25, -0.2) is 0 Å². The van der Waals surface area contributed by atoms with E-state index in [4.69, 9.17) is 0 Å². The topological polar surface area (TPSA) is 33.2 Å². The van der Waals surface area contributed by atoms with Crippen molar-refractivity contribution in [1.29, 1.82) is 0 Å². The van der Waals surface area contributed by atoms with E-state index in [0.717, 1.165) is 24.1 Å². The van der Waals surface area contributed by atoms with Crippen molar-refractivity contribution in [2.75, 3.05) is 13.6 Å². The van der Waals surface area contributed by atoms with E-state index in [-0.39, 0.29) is 11.3 Å². The Labute approximate surface area is 139 Å². The fourth-order valence-electron chi connectivity index (χ4n) is 2.58. The Kier molecular flexibility index (Phi) is 5.54. The number of likely N-dealkylation sites (N-methyl/N-ethyl adjacent to an activating group) is 1. The molecule has 0 atom stereocenters. The summed E-state index contributed by atoms with van der Waals surface area (Å²) in [6.07, 6.45) is 3.52. The Bertz CT molecular complexity index is 644. The third-order valence-electron chi connectivity index (χ3n) is 3.68. The summed E-state index contributed by atoms with van der Waals surface area (Å²) in [4.78, 5) is 18.7. The second-order valence-corrected chi connectivity index (χ2v) is 7.24. The molecule has 1 amide bonds. The summed E-state index contributed by atoms with van der Waals surface area (Å²) in [5.74, 6) is 0.0664. The molecule has 0 unspecified atom stereocenters. The van der Waals surface area contributed by atoms with Crippen LogP contribution in [0.3, 0.4) is 0 Å². The smallest absolute Gasteiger partial charge is 0.253 e. The van der Waals surface area contributed by atoms with Crippen molar-refractivity contribution in [3.63, 3.8) is 0 Å². The highest BCUT2D eigenvalue weighted by atomic mass is 16.2. The third kappa shape index (κ3) is 5.51. The van der Waals surface area contributed by atoms with E-state index in [2.05, 4.69) is 31.8 Å². The molecular weight excluding hydrogens is 284 g/mol. The number of carbonyl (C=O) groups excluding carboxylic acids is 1. The minimum atomic E-state index is 0.0664. The standard InChI is InChI=1S/C20H26N2O/c1-20(2,3)15-16-8-7-9-17(14-16)19(23)22(4)13-11-18-10-5-6-12-21-18/h5-10,12,14H,11,13,15H2,1-4H3. The van der Waals surface area contributed by atoms with Crippen LogP contribution in [0.2, 0.25) is 0 Å². The Balaban J connectivity index is 2.00. The van der Waals surface area contributed by atoms with Crippen LogP contribution in [0.4, 0.5) is 0 Å². The quantitative estimate of drug-likeness (QED) is 0.837. The van der Waals surface area contributed by atoms with Crippen molar-refractivity contribution in [2.24, 2.45) is 5.41 Å². The molecule has 23 heavy (non-hydrogen) atoms. The summed E-state index contributed by atoms with van der Waals surface area (Å²) < 4.78 is 0. The van der Waals surface area contributed by atoms with Gasteiger partial charge in [-0.2, -0.15) is 0 Å². The lowest BCUT2D eigenvalue weighted by Crippen LogP contribution is -2.29. The Morgan fingerprint density at radius 2 is 1.91 bits per heavy atom. The number of aromatic nitrogens is 1. The zero-order valence-corrected chi connectivity index (χ0v) is 14.5. The molecule has 0 fully saturated rings. The molecule has 0 N–H and O–H groups in total. The van der Waals surface area contributed by atoms with E-state index in [0.29, 0.717) is 6.54 Å². The van der Waals surface area contributed by atoms with Crippen LogP contribution in [-0.4, -0.2) is 29.4 Å². The molecular formula is C20H26N2O. The van der Waals surface area contributed by atoms with E-state index in [1.54, 1.807) is 11.1 Å². The summed E-state index contributed by atoms with van der Waals surface area (Å²) in [7, 11) is 1.85. The molecule has 2 aromatic rings. The van der Waals surface area contributed by atoms with Gasteiger partial charge >= 0.3 is 0 Å².